The van der Waals surface area contributed by atoms with E-state index in [-0.39, 0.29) is 12.4 Å². The van der Waals surface area contributed by atoms with Crippen LogP contribution in [0.4, 0.5) is 4.39 Å². The molecule has 84 valence electrons. The van der Waals surface area contributed by atoms with E-state index in [0.717, 1.165) is 24.2 Å². The molecule has 0 aliphatic heterocycles. The van der Waals surface area contributed by atoms with Crippen molar-refractivity contribution in [3.8, 4) is 0 Å². The number of hydrogen-bond donors (Lipinski definition) is 1. The lowest BCUT2D eigenvalue weighted by Crippen LogP contribution is -2.04. The molecule has 0 fully saturated rings. The van der Waals surface area contributed by atoms with E-state index in [1.165, 1.54) is 12.1 Å². The van der Waals surface area contributed by atoms with Crippen LogP contribution in [0.15, 0.2) is 36.8 Å². The molecule has 0 amide bonds. The fourth-order valence-electron chi connectivity index (χ4n) is 1.58. The maximum Gasteiger partial charge on any atom is 0.123 e. The summed E-state index contributed by atoms with van der Waals surface area (Å²) in [4.78, 5) is 3.96. The number of aromatic nitrogens is 2. The van der Waals surface area contributed by atoms with Gasteiger partial charge >= 0.3 is 0 Å². The topological polar surface area (TPSA) is 38.1 Å². The number of aryl methyl sites for hydroxylation is 2. The molecule has 0 unspecified atom stereocenters. The Hall–Kier alpha value is -1.68. The van der Waals surface area contributed by atoms with Gasteiger partial charge in [-0.15, -0.1) is 0 Å². The lowest BCUT2D eigenvalue weighted by molar-refractivity contribution is 0.270. The van der Waals surface area contributed by atoms with E-state index < -0.39 is 0 Å². The minimum absolute atomic E-state index is 0.0105. The highest BCUT2D eigenvalue weighted by molar-refractivity contribution is 5.16. The molecule has 2 rings (SSSR count). The molecule has 1 aromatic carbocycles. The van der Waals surface area contributed by atoms with Gasteiger partial charge in [0.1, 0.15) is 5.82 Å². The van der Waals surface area contributed by atoms with Crippen molar-refractivity contribution < 1.29 is 9.50 Å². The van der Waals surface area contributed by atoms with Crippen LogP contribution in [0.25, 0.3) is 0 Å². The van der Waals surface area contributed by atoms with Gasteiger partial charge in [-0.1, -0.05) is 12.1 Å². The number of benzene rings is 1. The first-order chi connectivity index (χ1) is 7.79. The Kier molecular flexibility index (Phi) is 3.31. The Morgan fingerprint density at radius 3 is 2.69 bits per heavy atom. The van der Waals surface area contributed by atoms with Crippen molar-refractivity contribution in [2.45, 2.75) is 19.6 Å². The van der Waals surface area contributed by atoms with Gasteiger partial charge in [0.05, 0.1) is 24.8 Å². The second-order valence-corrected chi connectivity index (χ2v) is 3.61. The first-order valence-corrected chi connectivity index (χ1v) is 5.14. The van der Waals surface area contributed by atoms with Crippen molar-refractivity contribution in [1.29, 1.82) is 0 Å². The number of nitrogens with zero attached hydrogens (tertiary/aromatic N) is 2. The van der Waals surface area contributed by atoms with Gasteiger partial charge in [0.2, 0.25) is 0 Å². The smallest absolute Gasteiger partial charge is 0.123 e. The van der Waals surface area contributed by atoms with Crippen LogP contribution < -0.4 is 0 Å². The number of halogens is 1. The van der Waals surface area contributed by atoms with E-state index in [1.807, 2.05) is 4.57 Å². The second kappa shape index (κ2) is 4.90. The monoisotopic (exact) mass is 220 g/mol. The van der Waals surface area contributed by atoms with Crippen molar-refractivity contribution in [2.75, 3.05) is 0 Å². The number of aliphatic hydroxyl groups excluding tert-OH is 1. The fourth-order valence-corrected chi connectivity index (χ4v) is 1.58. The van der Waals surface area contributed by atoms with E-state index in [1.54, 1.807) is 24.7 Å². The lowest BCUT2D eigenvalue weighted by atomic mass is 10.1. The molecule has 0 saturated heterocycles. The van der Waals surface area contributed by atoms with E-state index in [2.05, 4.69) is 4.98 Å². The maximum atomic E-state index is 12.7. The highest BCUT2D eigenvalue weighted by Gasteiger charge is 2.00. The minimum Gasteiger partial charge on any atom is -0.390 e. The van der Waals surface area contributed by atoms with Crippen LogP contribution in [0.1, 0.15) is 11.3 Å². The van der Waals surface area contributed by atoms with Crippen molar-refractivity contribution >= 4 is 0 Å². The lowest BCUT2D eigenvalue weighted by Gasteiger charge is -2.06. The van der Waals surface area contributed by atoms with Crippen LogP contribution in [-0.2, 0) is 19.6 Å². The summed E-state index contributed by atoms with van der Waals surface area (Å²) in [5.74, 6) is -0.220. The molecular formula is C12H13FN2O. The van der Waals surface area contributed by atoms with Crippen LogP contribution >= 0.6 is 0 Å². The predicted molar refractivity (Wildman–Crippen MR) is 58.3 cm³/mol. The molecule has 0 atom stereocenters. The largest absolute Gasteiger partial charge is 0.390 e. The third kappa shape index (κ3) is 2.46. The normalized spacial score (nSPS) is 10.6. The van der Waals surface area contributed by atoms with Crippen LogP contribution in [0, 0.1) is 5.82 Å². The molecule has 1 N–H and O–H groups in total. The Balaban J connectivity index is 1.99. The average molecular weight is 220 g/mol. The number of rotatable bonds is 4. The molecule has 0 bridgehead atoms. The zero-order valence-electron chi connectivity index (χ0n) is 8.81. The second-order valence-electron chi connectivity index (χ2n) is 3.61. The molecule has 0 aliphatic rings. The van der Waals surface area contributed by atoms with Crippen LogP contribution in [0.2, 0.25) is 0 Å². The van der Waals surface area contributed by atoms with Gasteiger partial charge in [-0.05, 0) is 24.1 Å². The van der Waals surface area contributed by atoms with Crippen molar-refractivity contribution in [1.82, 2.24) is 9.55 Å². The highest BCUT2D eigenvalue weighted by atomic mass is 19.1. The van der Waals surface area contributed by atoms with Crippen molar-refractivity contribution in [2.24, 2.45) is 0 Å². The zero-order valence-corrected chi connectivity index (χ0v) is 8.81. The number of imidazole rings is 1. The molecule has 0 spiro atoms. The minimum atomic E-state index is -0.220. The third-order valence-electron chi connectivity index (χ3n) is 2.52. The van der Waals surface area contributed by atoms with Gasteiger partial charge in [-0.25, -0.2) is 9.37 Å². The Bertz CT molecular complexity index is 450. The molecule has 1 heterocycles. The van der Waals surface area contributed by atoms with Crippen molar-refractivity contribution in [3.63, 3.8) is 0 Å². The summed E-state index contributed by atoms with van der Waals surface area (Å²) >= 11 is 0. The molecule has 0 saturated carbocycles. The van der Waals surface area contributed by atoms with E-state index in [9.17, 15) is 4.39 Å². The number of aliphatic hydroxyl groups is 1. The molecule has 16 heavy (non-hydrogen) atoms. The molecule has 4 heteroatoms. The summed E-state index contributed by atoms with van der Waals surface area (Å²) in [5, 5.41) is 9.03. The van der Waals surface area contributed by atoms with Gasteiger partial charge in [0.25, 0.3) is 0 Å². The van der Waals surface area contributed by atoms with E-state index >= 15 is 0 Å². The summed E-state index contributed by atoms with van der Waals surface area (Å²) in [5.41, 5.74) is 1.86. The van der Waals surface area contributed by atoms with Gasteiger partial charge in [-0.3, -0.25) is 0 Å². The molecule has 0 radical (unpaired) electrons. The van der Waals surface area contributed by atoms with Gasteiger partial charge in [0.15, 0.2) is 0 Å². The van der Waals surface area contributed by atoms with Crippen LogP contribution in [0.5, 0.6) is 0 Å². The highest BCUT2D eigenvalue weighted by Crippen LogP contribution is 2.06. The zero-order chi connectivity index (χ0) is 11.4. The summed E-state index contributed by atoms with van der Waals surface area (Å²) in [6, 6.07) is 6.45. The van der Waals surface area contributed by atoms with Crippen molar-refractivity contribution in [3.05, 3.63) is 53.9 Å². The summed E-state index contributed by atoms with van der Waals surface area (Å²) in [6.07, 6.45) is 4.13. The first kappa shape index (κ1) is 10.8. The third-order valence-corrected chi connectivity index (χ3v) is 2.52. The van der Waals surface area contributed by atoms with Crippen LogP contribution in [0.3, 0.4) is 0 Å². The Morgan fingerprint density at radius 1 is 1.25 bits per heavy atom. The van der Waals surface area contributed by atoms with Gasteiger partial charge in [-0.2, -0.15) is 0 Å². The number of hydrogen-bond acceptors (Lipinski definition) is 2. The van der Waals surface area contributed by atoms with E-state index in [0.29, 0.717) is 0 Å². The molecule has 1 aromatic heterocycles. The molecular weight excluding hydrogens is 207 g/mol. The fraction of sp³-hybridized carbons (Fsp3) is 0.250. The standard InChI is InChI=1S/C12H13FN2O/c13-11-3-1-10(2-4-11)5-6-15-9-14-7-12(15)8-16/h1-4,7,9,16H,5-6,8H2. The van der Waals surface area contributed by atoms with E-state index in [4.69, 9.17) is 5.11 Å². The predicted octanol–water partition coefficient (Wildman–Crippen LogP) is 1.76. The molecule has 3 nitrogen and oxygen atoms in total. The summed E-state index contributed by atoms with van der Waals surface area (Å²) in [7, 11) is 0. The van der Waals surface area contributed by atoms with Gasteiger partial charge < -0.3 is 9.67 Å². The van der Waals surface area contributed by atoms with Gasteiger partial charge in [0, 0.05) is 6.54 Å². The van der Waals surface area contributed by atoms with Crippen LogP contribution in [-0.4, -0.2) is 14.7 Å². The summed E-state index contributed by atoms with van der Waals surface area (Å²) in [6.45, 7) is 0.727. The average Bonchev–Trinajstić information content (AvgIpc) is 2.76. The first-order valence-electron chi connectivity index (χ1n) is 5.14. The quantitative estimate of drug-likeness (QED) is 0.852. The molecule has 0 aliphatic carbocycles. The summed E-state index contributed by atoms with van der Waals surface area (Å²) < 4.78 is 14.6. The Morgan fingerprint density at radius 2 is 2.00 bits per heavy atom. The maximum absolute atomic E-state index is 12.7. The Labute approximate surface area is 93.2 Å². The SMILES string of the molecule is OCc1cncn1CCc1ccc(F)cc1. The molecule has 2 aromatic rings.